The minimum Gasteiger partial charge on any atom is -0.329 e. The highest BCUT2D eigenvalue weighted by Crippen LogP contribution is 2.26. The van der Waals surface area contributed by atoms with Gasteiger partial charge in [0.2, 0.25) is 15.9 Å². The summed E-state index contributed by atoms with van der Waals surface area (Å²) in [6.07, 6.45) is 2.50. The van der Waals surface area contributed by atoms with Crippen molar-refractivity contribution in [3.63, 3.8) is 0 Å². The lowest BCUT2D eigenvalue weighted by Crippen LogP contribution is -2.52. The molecule has 1 heterocycles. The molecule has 2 rings (SSSR count). The summed E-state index contributed by atoms with van der Waals surface area (Å²) in [5.74, 6) is 0.290. The molecule has 25 heavy (non-hydrogen) atoms. The first-order valence-electron chi connectivity index (χ1n) is 8.32. The standard InChI is InChI=1S/C17H27N3O3S.ClH/c1-12(2)10-17(3,11-18)20-24(22,23)14-7-8-15-13(9-14)5-4-6-16(21)19-15;/h7-9,12,20H,4-6,10-11,18H2,1-3H3,(H,19,21);1H. The Morgan fingerprint density at radius 2 is 2.00 bits per heavy atom. The van der Waals surface area contributed by atoms with Gasteiger partial charge >= 0.3 is 0 Å². The lowest BCUT2D eigenvalue weighted by Gasteiger charge is -2.30. The van der Waals surface area contributed by atoms with Crippen molar-refractivity contribution in [2.75, 3.05) is 11.9 Å². The van der Waals surface area contributed by atoms with E-state index in [0.717, 1.165) is 5.56 Å². The summed E-state index contributed by atoms with van der Waals surface area (Å²) in [6.45, 7) is 6.13. The largest absolute Gasteiger partial charge is 0.329 e. The third-order valence-corrected chi connectivity index (χ3v) is 5.84. The number of carbonyl (C=O) groups is 1. The molecule has 1 aromatic rings. The van der Waals surface area contributed by atoms with Gasteiger partial charge in [-0.1, -0.05) is 13.8 Å². The molecule has 4 N–H and O–H groups in total. The number of amides is 1. The molecular weight excluding hydrogens is 362 g/mol. The van der Waals surface area contributed by atoms with E-state index in [2.05, 4.69) is 10.0 Å². The summed E-state index contributed by atoms with van der Waals surface area (Å²) in [7, 11) is -3.68. The summed E-state index contributed by atoms with van der Waals surface area (Å²) in [4.78, 5) is 11.8. The van der Waals surface area contributed by atoms with Crippen LogP contribution in [-0.2, 0) is 21.2 Å². The van der Waals surface area contributed by atoms with Crippen molar-refractivity contribution in [1.29, 1.82) is 0 Å². The van der Waals surface area contributed by atoms with Gasteiger partial charge < -0.3 is 11.1 Å². The molecule has 142 valence electrons. The molecule has 1 atom stereocenters. The SMILES string of the molecule is CC(C)CC(C)(CN)NS(=O)(=O)c1ccc2c(c1)CCCC(=O)N2.Cl. The van der Waals surface area contributed by atoms with Crippen molar-refractivity contribution in [3.8, 4) is 0 Å². The molecule has 8 heteroatoms. The van der Waals surface area contributed by atoms with Crippen LogP contribution in [0.2, 0.25) is 0 Å². The first kappa shape index (κ1) is 21.9. The molecule has 0 saturated heterocycles. The van der Waals surface area contributed by atoms with Crippen LogP contribution in [0.5, 0.6) is 0 Å². The van der Waals surface area contributed by atoms with E-state index in [-0.39, 0.29) is 29.8 Å². The van der Waals surface area contributed by atoms with E-state index < -0.39 is 15.6 Å². The lowest BCUT2D eigenvalue weighted by atomic mass is 9.92. The minimum atomic E-state index is -3.68. The molecule has 0 saturated carbocycles. The molecule has 0 bridgehead atoms. The number of rotatable bonds is 6. The van der Waals surface area contributed by atoms with E-state index in [1.807, 2.05) is 20.8 Å². The maximum Gasteiger partial charge on any atom is 0.241 e. The Morgan fingerprint density at radius 3 is 2.60 bits per heavy atom. The van der Waals surface area contributed by atoms with Crippen LogP contribution in [-0.4, -0.2) is 26.4 Å². The van der Waals surface area contributed by atoms with Gasteiger partial charge in [-0.15, -0.1) is 12.4 Å². The Morgan fingerprint density at radius 1 is 1.32 bits per heavy atom. The van der Waals surface area contributed by atoms with Gasteiger partial charge in [-0.05, 0) is 55.9 Å². The van der Waals surface area contributed by atoms with E-state index in [1.165, 1.54) is 6.07 Å². The van der Waals surface area contributed by atoms with Gasteiger partial charge in [-0.3, -0.25) is 4.79 Å². The number of halogens is 1. The lowest BCUT2D eigenvalue weighted by molar-refractivity contribution is -0.116. The molecule has 0 spiro atoms. The molecule has 0 aromatic heterocycles. The number of sulfonamides is 1. The summed E-state index contributed by atoms with van der Waals surface area (Å²) >= 11 is 0. The highest BCUT2D eigenvalue weighted by Gasteiger charge is 2.30. The number of nitrogens with one attached hydrogen (secondary N) is 2. The van der Waals surface area contributed by atoms with Gasteiger partial charge in [0, 0.05) is 24.2 Å². The van der Waals surface area contributed by atoms with Crippen LogP contribution in [0.25, 0.3) is 0 Å². The van der Waals surface area contributed by atoms with Crippen LogP contribution >= 0.6 is 12.4 Å². The quantitative estimate of drug-likeness (QED) is 0.695. The molecule has 1 unspecified atom stereocenters. The summed E-state index contributed by atoms with van der Waals surface area (Å²) < 4.78 is 28.3. The zero-order valence-electron chi connectivity index (χ0n) is 15.0. The van der Waals surface area contributed by atoms with Gasteiger partial charge in [0.05, 0.1) is 4.90 Å². The molecule has 0 fully saturated rings. The van der Waals surface area contributed by atoms with Crippen molar-refractivity contribution in [2.24, 2.45) is 11.7 Å². The summed E-state index contributed by atoms with van der Waals surface area (Å²) in [5.41, 5.74) is 6.67. The summed E-state index contributed by atoms with van der Waals surface area (Å²) in [5, 5.41) is 2.81. The monoisotopic (exact) mass is 389 g/mol. The van der Waals surface area contributed by atoms with Gasteiger partial charge in [0.25, 0.3) is 0 Å². The smallest absolute Gasteiger partial charge is 0.241 e. The maximum absolute atomic E-state index is 12.8. The average Bonchev–Trinajstić information content (AvgIpc) is 2.65. The number of anilines is 1. The Balaban J connectivity index is 0.00000312. The first-order valence-corrected chi connectivity index (χ1v) is 9.80. The Kier molecular flexibility index (Phi) is 7.43. The van der Waals surface area contributed by atoms with E-state index in [1.54, 1.807) is 12.1 Å². The molecule has 1 aromatic carbocycles. The number of benzene rings is 1. The molecule has 1 aliphatic rings. The minimum absolute atomic E-state index is 0. The van der Waals surface area contributed by atoms with Gasteiger partial charge in [0.1, 0.15) is 0 Å². The van der Waals surface area contributed by atoms with E-state index in [0.29, 0.717) is 37.3 Å². The number of hydrogen-bond acceptors (Lipinski definition) is 4. The van der Waals surface area contributed by atoms with E-state index in [9.17, 15) is 13.2 Å². The number of aryl methyl sites for hydroxylation is 1. The predicted molar refractivity (Wildman–Crippen MR) is 102 cm³/mol. The van der Waals surface area contributed by atoms with Gasteiger partial charge in [0.15, 0.2) is 0 Å². The van der Waals surface area contributed by atoms with Gasteiger partial charge in [-0.25, -0.2) is 13.1 Å². The van der Waals surface area contributed by atoms with Crippen molar-refractivity contribution >= 4 is 34.0 Å². The second-order valence-corrected chi connectivity index (χ2v) is 8.87. The number of hydrogen-bond donors (Lipinski definition) is 3. The molecule has 6 nitrogen and oxygen atoms in total. The average molecular weight is 390 g/mol. The maximum atomic E-state index is 12.8. The highest BCUT2D eigenvalue weighted by molar-refractivity contribution is 7.89. The topological polar surface area (TPSA) is 101 Å². The van der Waals surface area contributed by atoms with Crippen LogP contribution in [0.3, 0.4) is 0 Å². The zero-order valence-corrected chi connectivity index (χ0v) is 16.6. The number of carbonyl (C=O) groups excluding carboxylic acids is 1. The first-order chi connectivity index (χ1) is 11.1. The van der Waals surface area contributed by atoms with Crippen LogP contribution in [0, 0.1) is 5.92 Å². The van der Waals surface area contributed by atoms with E-state index >= 15 is 0 Å². The molecule has 1 amide bonds. The normalized spacial score (nSPS) is 17.1. The third-order valence-electron chi connectivity index (χ3n) is 4.20. The van der Waals surface area contributed by atoms with Crippen molar-refractivity contribution in [1.82, 2.24) is 4.72 Å². The van der Waals surface area contributed by atoms with Crippen molar-refractivity contribution in [3.05, 3.63) is 23.8 Å². The van der Waals surface area contributed by atoms with E-state index in [4.69, 9.17) is 5.73 Å². The second-order valence-electron chi connectivity index (χ2n) is 7.19. The Bertz CT molecular complexity index is 722. The van der Waals surface area contributed by atoms with Crippen LogP contribution in [0.4, 0.5) is 5.69 Å². The van der Waals surface area contributed by atoms with Crippen LogP contribution in [0.15, 0.2) is 23.1 Å². The molecule has 1 aliphatic heterocycles. The fourth-order valence-electron chi connectivity index (χ4n) is 3.17. The Labute approximate surface area is 156 Å². The number of fused-ring (bicyclic) bond motifs is 1. The second kappa shape index (κ2) is 8.49. The van der Waals surface area contributed by atoms with Crippen molar-refractivity contribution < 1.29 is 13.2 Å². The fraction of sp³-hybridized carbons (Fsp3) is 0.588. The third kappa shape index (κ3) is 5.67. The van der Waals surface area contributed by atoms with Crippen LogP contribution in [0.1, 0.15) is 45.6 Å². The predicted octanol–water partition coefficient (Wildman–Crippen LogP) is 2.43. The Hall–Kier alpha value is -1.15. The molecular formula is C17H28ClN3O3S. The zero-order chi connectivity index (χ0) is 18.0. The van der Waals surface area contributed by atoms with Gasteiger partial charge in [-0.2, -0.15) is 0 Å². The number of nitrogens with two attached hydrogens (primary N) is 1. The van der Waals surface area contributed by atoms with Crippen molar-refractivity contribution in [2.45, 2.75) is 56.9 Å². The molecule has 0 aliphatic carbocycles. The summed E-state index contributed by atoms with van der Waals surface area (Å²) in [6, 6.07) is 4.84. The highest BCUT2D eigenvalue weighted by atomic mass is 35.5. The fourth-order valence-corrected chi connectivity index (χ4v) is 4.65. The van der Waals surface area contributed by atoms with Crippen LogP contribution < -0.4 is 15.8 Å². The molecule has 0 radical (unpaired) electrons.